The lowest BCUT2D eigenvalue weighted by Gasteiger charge is -2.13. The predicted octanol–water partition coefficient (Wildman–Crippen LogP) is 5.84. The lowest BCUT2D eigenvalue weighted by atomic mass is 10.4. The van der Waals surface area contributed by atoms with E-state index in [-0.39, 0.29) is 11.1 Å². The number of hydrogen-bond donors (Lipinski definition) is 1. The molecule has 2 heterocycles. The molecule has 4 nitrogen and oxygen atoms in total. The number of aromatic nitrogens is 1. The summed E-state index contributed by atoms with van der Waals surface area (Å²) in [6.45, 7) is 2.53. The molecule has 3 rings (SSSR count). The van der Waals surface area contributed by atoms with E-state index in [1.54, 1.807) is 53.6 Å². The molecule has 0 aliphatic heterocycles. The molecule has 0 saturated carbocycles. The van der Waals surface area contributed by atoms with E-state index in [0.717, 1.165) is 15.5 Å². The number of thiophene rings is 1. The lowest BCUT2D eigenvalue weighted by molar-refractivity contribution is 0.198. The first-order valence-corrected chi connectivity index (χ1v) is 11.3. The fraction of sp³-hybridized carbons (Fsp3) is 0.200. The summed E-state index contributed by atoms with van der Waals surface area (Å²) in [7, 11) is 0. The van der Waals surface area contributed by atoms with E-state index in [9.17, 15) is 9.18 Å². The molecule has 3 aromatic rings. The zero-order valence-corrected chi connectivity index (χ0v) is 17.6. The third-order valence-electron chi connectivity index (χ3n) is 3.53. The van der Waals surface area contributed by atoms with Crippen molar-refractivity contribution in [2.75, 3.05) is 5.75 Å². The molecule has 1 unspecified atom stereocenters. The second-order valence-electron chi connectivity index (χ2n) is 5.82. The first-order valence-electron chi connectivity index (χ1n) is 8.58. The molecule has 0 bridgehead atoms. The van der Waals surface area contributed by atoms with Crippen LogP contribution in [0.15, 0.2) is 70.0 Å². The zero-order chi connectivity index (χ0) is 19.8. The minimum atomic E-state index is -0.503. The fourth-order valence-electron chi connectivity index (χ4n) is 2.25. The van der Waals surface area contributed by atoms with Gasteiger partial charge in [0.25, 0.3) is 0 Å². The number of nitrogens with one attached hydrogen (secondary N) is 1. The molecule has 0 saturated heterocycles. The molecular weight excluding hydrogens is 415 g/mol. The molecule has 0 spiro atoms. The molecular formula is C20H19FN2O2S3. The smallest absolute Gasteiger partial charge is 0.407 e. The first kappa shape index (κ1) is 20.7. The number of hydrogen-bond acceptors (Lipinski definition) is 6. The van der Waals surface area contributed by atoms with Gasteiger partial charge < -0.3 is 10.1 Å². The quantitative estimate of drug-likeness (QED) is 0.451. The van der Waals surface area contributed by atoms with E-state index in [1.807, 2.05) is 17.5 Å². The number of nitrogens with zero attached hydrogens (tertiary/aromatic N) is 1. The topological polar surface area (TPSA) is 51.2 Å². The van der Waals surface area contributed by atoms with Crippen molar-refractivity contribution in [3.63, 3.8) is 0 Å². The first-order chi connectivity index (χ1) is 13.6. The van der Waals surface area contributed by atoms with Gasteiger partial charge in [-0.25, -0.2) is 14.2 Å². The molecule has 28 heavy (non-hydrogen) atoms. The molecule has 8 heteroatoms. The van der Waals surface area contributed by atoms with Crippen LogP contribution in [0, 0.1) is 5.82 Å². The number of benzene rings is 1. The van der Waals surface area contributed by atoms with Crippen LogP contribution in [0.2, 0.25) is 0 Å². The van der Waals surface area contributed by atoms with Gasteiger partial charge in [0, 0.05) is 27.0 Å². The Morgan fingerprint density at radius 1 is 1.25 bits per heavy atom. The van der Waals surface area contributed by atoms with Gasteiger partial charge in [-0.05, 0) is 47.8 Å². The van der Waals surface area contributed by atoms with Crippen molar-refractivity contribution in [2.24, 2.45) is 0 Å². The van der Waals surface area contributed by atoms with Crippen LogP contribution < -0.4 is 10.1 Å². The normalized spacial score (nSPS) is 11.8. The van der Waals surface area contributed by atoms with Gasteiger partial charge in [0.15, 0.2) is 5.75 Å². The Labute approximate surface area is 175 Å². The van der Waals surface area contributed by atoms with Crippen molar-refractivity contribution >= 4 is 41.0 Å². The van der Waals surface area contributed by atoms with Gasteiger partial charge in [-0.2, -0.15) is 0 Å². The average molecular weight is 435 g/mol. The Morgan fingerprint density at radius 2 is 2.07 bits per heavy atom. The van der Waals surface area contributed by atoms with Gasteiger partial charge in [0.1, 0.15) is 10.8 Å². The van der Waals surface area contributed by atoms with Crippen LogP contribution in [-0.2, 0) is 6.54 Å². The minimum absolute atomic E-state index is 0.237. The maximum Gasteiger partial charge on any atom is 0.412 e. The second kappa shape index (κ2) is 10.5. The Balaban J connectivity index is 1.51. The van der Waals surface area contributed by atoms with E-state index in [0.29, 0.717) is 17.3 Å². The Morgan fingerprint density at radius 3 is 2.82 bits per heavy atom. The summed E-state index contributed by atoms with van der Waals surface area (Å²) in [5, 5.41) is 5.64. The van der Waals surface area contributed by atoms with E-state index < -0.39 is 6.09 Å². The van der Waals surface area contributed by atoms with Gasteiger partial charge in [0.05, 0.1) is 6.54 Å². The van der Waals surface area contributed by atoms with Crippen LogP contribution in [0.3, 0.4) is 0 Å². The van der Waals surface area contributed by atoms with Gasteiger partial charge >= 0.3 is 6.09 Å². The average Bonchev–Trinajstić information content (AvgIpc) is 3.21. The number of amides is 1. The monoisotopic (exact) mass is 434 g/mol. The van der Waals surface area contributed by atoms with E-state index in [1.165, 1.54) is 23.9 Å². The molecule has 1 aromatic carbocycles. The Bertz CT molecular complexity index is 889. The maximum absolute atomic E-state index is 13.0. The van der Waals surface area contributed by atoms with Gasteiger partial charge in [-0.3, -0.25) is 0 Å². The Kier molecular flexibility index (Phi) is 7.76. The number of pyridine rings is 1. The van der Waals surface area contributed by atoms with Crippen molar-refractivity contribution in [3.05, 3.63) is 70.8 Å². The van der Waals surface area contributed by atoms with E-state index in [2.05, 4.69) is 17.2 Å². The molecule has 0 radical (unpaired) electrons. The highest BCUT2D eigenvalue weighted by atomic mass is 32.2. The van der Waals surface area contributed by atoms with Crippen molar-refractivity contribution < 1.29 is 13.9 Å². The highest BCUT2D eigenvalue weighted by molar-refractivity contribution is 8.03. The summed E-state index contributed by atoms with van der Waals surface area (Å²) in [6, 6.07) is 13.8. The van der Waals surface area contributed by atoms with Crippen LogP contribution >= 0.6 is 34.9 Å². The molecule has 1 N–H and O–H groups in total. The van der Waals surface area contributed by atoms with Crippen LogP contribution in [0.25, 0.3) is 0 Å². The standard InChI is InChI=1S/C20H19FN2O2S3/c1-14(28-16-8-6-15(21)7-9-16)13-27-19-18(5-2-10-22-19)25-20(24)23-12-17-4-3-11-26-17/h2-11,14H,12-13H2,1H3,(H,23,24). The molecule has 1 atom stereocenters. The van der Waals surface area contributed by atoms with Crippen molar-refractivity contribution in [1.29, 1.82) is 0 Å². The van der Waals surface area contributed by atoms with Crippen molar-refractivity contribution in [3.8, 4) is 5.75 Å². The molecule has 146 valence electrons. The van der Waals surface area contributed by atoms with Gasteiger partial charge in [-0.1, -0.05) is 13.0 Å². The minimum Gasteiger partial charge on any atom is -0.407 e. The zero-order valence-electron chi connectivity index (χ0n) is 15.1. The molecule has 1 amide bonds. The Hall–Kier alpha value is -2.03. The third kappa shape index (κ3) is 6.54. The number of thioether (sulfide) groups is 2. The SMILES string of the molecule is CC(CSc1ncccc1OC(=O)NCc1cccs1)Sc1ccc(F)cc1. The van der Waals surface area contributed by atoms with E-state index >= 15 is 0 Å². The summed E-state index contributed by atoms with van der Waals surface area (Å²) < 4.78 is 18.4. The number of ether oxygens (including phenoxy) is 1. The summed E-state index contributed by atoms with van der Waals surface area (Å²) in [5.74, 6) is 0.973. The molecule has 0 aliphatic rings. The number of carbonyl (C=O) groups is 1. The number of halogens is 1. The third-order valence-corrected chi connectivity index (χ3v) is 6.98. The number of carbonyl (C=O) groups excluding carboxylic acids is 1. The fourth-order valence-corrected chi connectivity index (χ4v) is 4.90. The van der Waals surface area contributed by atoms with Crippen LogP contribution in [0.1, 0.15) is 11.8 Å². The maximum atomic E-state index is 13.0. The molecule has 0 aliphatic carbocycles. The molecule has 2 aromatic heterocycles. The predicted molar refractivity (Wildman–Crippen MR) is 114 cm³/mol. The molecule has 0 fully saturated rings. The number of rotatable bonds is 8. The summed E-state index contributed by atoms with van der Waals surface area (Å²) in [4.78, 5) is 18.5. The highest BCUT2D eigenvalue weighted by Crippen LogP contribution is 2.31. The largest absolute Gasteiger partial charge is 0.412 e. The van der Waals surface area contributed by atoms with Crippen molar-refractivity contribution in [1.82, 2.24) is 10.3 Å². The summed E-state index contributed by atoms with van der Waals surface area (Å²) >= 11 is 4.77. The van der Waals surface area contributed by atoms with Crippen LogP contribution in [-0.4, -0.2) is 22.1 Å². The van der Waals surface area contributed by atoms with Crippen molar-refractivity contribution in [2.45, 2.75) is 28.6 Å². The van der Waals surface area contributed by atoms with Crippen LogP contribution in [0.4, 0.5) is 9.18 Å². The lowest BCUT2D eigenvalue weighted by Crippen LogP contribution is -2.26. The highest BCUT2D eigenvalue weighted by Gasteiger charge is 2.13. The second-order valence-corrected chi connectivity index (χ2v) is 9.38. The summed E-state index contributed by atoms with van der Waals surface area (Å²) in [5.41, 5.74) is 0. The van der Waals surface area contributed by atoms with Gasteiger partial charge in [-0.15, -0.1) is 34.9 Å². The van der Waals surface area contributed by atoms with E-state index in [4.69, 9.17) is 4.74 Å². The summed E-state index contributed by atoms with van der Waals surface area (Å²) in [6.07, 6.45) is 1.17. The van der Waals surface area contributed by atoms with Gasteiger partial charge in [0.2, 0.25) is 0 Å². The van der Waals surface area contributed by atoms with Crippen LogP contribution in [0.5, 0.6) is 5.75 Å².